The van der Waals surface area contributed by atoms with Crippen LogP contribution in [0.2, 0.25) is 0 Å². The zero-order valence-electron chi connectivity index (χ0n) is 9.22. The van der Waals surface area contributed by atoms with E-state index < -0.39 is 0 Å². The average molecular weight is 224 g/mol. The van der Waals surface area contributed by atoms with E-state index in [0.29, 0.717) is 0 Å². The van der Waals surface area contributed by atoms with Gasteiger partial charge >= 0.3 is 0 Å². The van der Waals surface area contributed by atoms with Crippen LogP contribution in [0, 0.1) is 0 Å². The van der Waals surface area contributed by atoms with E-state index in [1.54, 1.807) is 6.20 Å². The molecule has 2 heterocycles. The monoisotopic (exact) mass is 224 g/mol. The van der Waals surface area contributed by atoms with Gasteiger partial charge in [-0.05, 0) is 18.2 Å². The van der Waals surface area contributed by atoms with Crippen LogP contribution >= 0.6 is 0 Å². The molecule has 0 aliphatic heterocycles. The van der Waals surface area contributed by atoms with Crippen molar-refractivity contribution in [3.63, 3.8) is 0 Å². The molecule has 0 amide bonds. The Bertz CT molecular complexity index is 611. The Balaban J connectivity index is 1.90. The molecular formula is C13H12N4. The van der Waals surface area contributed by atoms with E-state index >= 15 is 0 Å². The smallest absolute Gasteiger partial charge is 0.0933 e. The van der Waals surface area contributed by atoms with E-state index in [1.165, 1.54) is 0 Å². The van der Waals surface area contributed by atoms with Crippen LogP contribution in [-0.2, 0) is 6.54 Å². The largest absolute Gasteiger partial charge is 0.378 e. The van der Waals surface area contributed by atoms with Crippen molar-refractivity contribution >= 4 is 16.6 Å². The van der Waals surface area contributed by atoms with Gasteiger partial charge in [0.2, 0.25) is 0 Å². The molecule has 2 aromatic heterocycles. The molecule has 0 aliphatic carbocycles. The summed E-state index contributed by atoms with van der Waals surface area (Å²) in [5, 5.41) is 11.3. The van der Waals surface area contributed by atoms with Crippen LogP contribution in [0.3, 0.4) is 0 Å². The zero-order chi connectivity index (χ0) is 11.5. The minimum Gasteiger partial charge on any atom is -0.378 e. The summed E-state index contributed by atoms with van der Waals surface area (Å²) in [5.74, 6) is 0. The number of benzene rings is 1. The van der Waals surface area contributed by atoms with Gasteiger partial charge in [-0.3, -0.25) is 10.1 Å². The number of anilines is 1. The fourth-order valence-electron chi connectivity index (χ4n) is 1.82. The van der Waals surface area contributed by atoms with E-state index in [0.717, 1.165) is 28.8 Å². The molecule has 0 atom stereocenters. The molecule has 0 fully saturated rings. The summed E-state index contributed by atoms with van der Waals surface area (Å²) in [4.78, 5) is 4.39. The van der Waals surface area contributed by atoms with E-state index in [4.69, 9.17) is 0 Å². The summed E-state index contributed by atoms with van der Waals surface area (Å²) >= 11 is 0. The number of nitrogens with one attached hydrogen (secondary N) is 2. The lowest BCUT2D eigenvalue weighted by atomic mass is 10.2. The lowest BCUT2D eigenvalue weighted by Gasteiger charge is -2.07. The highest BCUT2D eigenvalue weighted by atomic mass is 15.1. The van der Waals surface area contributed by atoms with E-state index in [-0.39, 0.29) is 0 Å². The number of H-pyrrole nitrogens is 1. The molecule has 0 radical (unpaired) electrons. The molecule has 2 N–H and O–H groups in total. The number of fused-ring (bicyclic) bond motifs is 1. The van der Waals surface area contributed by atoms with Crippen LogP contribution in [0.15, 0.2) is 48.8 Å². The van der Waals surface area contributed by atoms with Gasteiger partial charge in [0.05, 0.1) is 23.4 Å². The van der Waals surface area contributed by atoms with E-state index in [9.17, 15) is 0 Å². The Morgan fingerprint density at radius 2 is 2.00 bits per heavy atom. The quantitative estimate of drug-likeness (QED) is 0.719. The highest BCUT2D eigenvalue weighted by Gasteiger charge is 2.01. The van der Waals surface area contributed by atoms with Crippen molar-refractivity contribution in [2.45, 2.75) is 6.54 Å². The Kier molecular flexibility index (Phi) is 2.46. The Morgan fingerprint density at radius 1 is 1.06 bits per heavy atom. The molecule has 1 aromatic carbocycles. The molecule has 0 aliphatic rings. The molecule has 3 rings (SSSR count). The Morgan fingerprint density at radius 3 is 2.88 bits per heavy atom. The first-order valence-corrected chi connectivity index (χ1v) is 5.49. The second-order valence-corrected chi connectivity index (χ2v) is 3.82. The number of rotatable bonds is 3. The topological polar surface area (TPSA) is 53.6 Å². The summed E-state index contributed by atoms with van der Waals surface area (Å²) < 4.78 is 0. The van der Waals surface area contributed by atoms with E-state index in [2.05, 4.69) is 32.6 Å². The molecule has 0 spiro atoms. The van der Waals surface area contributed by atoms with Crippen LogP contribution in [-0.4, -0.2) is 15.2 Å². The third-order valence-corrected chi connectivity index (χ3v) is 2.66. The van der Waals surface area contributed by atoms with Crippen molar-refractivity contribution in [1.29, 1.82) is 0 Å². The van der Waals surface area contributed by atoms with Crippen molar-refractivity contribution in [2.75, 3.05) is 5.32 Å². The third kappa shape index (κ3) is 1.97. The van der Waals surface area contributed by atoms with Crippen LogP contribution < -0.4 is 5.32 Å². The van der Waals surface area contributed by atoms with Crippen LogP contribution in [0.4, 0.5) is 5.69 Å². The predicted octanol–water partition coefficient (Wildman–Crippen LogP) is 2.57. The molecule has 3 aromatic rings. The van der Waals surface area contributed by atoms with Gasteiger partial charge in [0.15, 0.2) is 0 Å². The molecule has 0 saturated heterocycles. The van der Waals surface area contributed by atoms with Crippen molar-refractivity contribution in [2.24, 2.45) is 0 Å². The third-order valence-electron chi connectivity index (χ3n) is 2.66. The minimum atomic E-state index is 0.718. The number of hydrogen-bond acceptors (Lipinski definition) is 3. The molecular weight excluding hydrogens is 212 g/mol. The van der Waals surface area contributed by atoms with Crippen molar-refractivity contribution in [3.8, 4) is 0 Å². The van der Waals surface area contributed by atoms with Gasteiger partial charge in [-0.2, -0.15) is 5.10 Å². The number of pyridine rings is 1. The first-order valence-electron chi connectivity index (χ1n) is 5.49. The predicted molar refractivity (Wildman–Crippen MR) is 67.7 cm³/mol. The molecule has 4 heteroatoms. The maximum absolute atomic E-state index is 4.39. The molecule has 84 valence electrons. The summed E-state index contributed by atoms with van der Waals surface area (Å²) in [6.07, 6.45) is 3.56. The average Bonchev–Trinajstić information content (AvgIpc) is 2.89. The zero-order valence-corrected chi connectivity index (χ0v) is 9.22. The summed E-state index contributed by atoms with van der Waals surface area (Å²) in [6.45, 7) is 0.718. The maximum Gasteiger partial charge on any atom is 0.0933 e. The number of hydrogen-bond donors (Lipinski definition) is 2. The van der Waals surface area contributed by atoms with Gasteiger partial charge in [0.25, 0.3) is 0 Å². The van der Waals surface area contributed by atoms with Crippen molar-refractivity contribution in [1.82, 2.24) is 15.2 Å². The fourth-order valence-corrected chi connectivity index (χ4v) is 1.82. The van der Waals surface area contributed by atoms with Crippen molar-refractivity contribution in [3.05, 3.63) is 54.5 Å². The second kappa shape index (κ2) is 4.25. The van der Waals surface area contributed by atoms with Gasteiger partial charge in [0, 0.05) is 17.8 Å². The molecule has 17 heavy (non-hydrogen) atoms. The highest BCUT2D eigenvalue weighted by molar-refractivity contribution is 5.90. The number of nitrogens with zero attached hydrogens (tertiary/aromatic N) is 2. The first-order chi connectivity index (χ1) is 8.43. The van der Waals surface area contributed by atoms with Gasteiger partial charge < -0.3 is 5.32 Å². The summed E-state index contributed by atoms with van der Waals surface area (Å²) in [5.41, 5.74) is 3.09. The number of para-hydroxylation sites is 1. The number of aromatic amines is 1. The summed E-state index contributed by atoms with van der Waals surface area (Å²) in [7, 11) is 0. The molecule has 0 unspecified atom stereocenters. The SMILES string of the molecule is c1cnc2c(NCc3ccn[nH]3)cccc2c1. The van der Waals surface area contributed by atoms with Gasteiger partial charge in [0.1, 0.15) is 0 Å². The van der Waals surface area contributed by atoms with Gasteiger partial charge in [-0.15, -0.1) is 0 Å². The van der Waals surface area contributed by atoms with Crippen LogP contribution in [0.25, 0.3) is 10.9 Å². The first kappa shape index (κ1) is 9.84. The fraction of sp³-hybridized carbons (Fsp3) is 0.0769. The van der Waals surface area contributed by atoms with Gasteiger partial charge in [-0.1, -0.05) is 18.2 Å². The Labute approximate surface area is 98.7 Å². The molecule has 0 saturated carbocycles. The lowest BCUT2D eigenvalue weighted by molar-refractivity contribution is 0.982. The molecule has 4 nitrogen and oxygen atoms in total. The van der Waals surface area contributed by atoms with Gasteiger partial charge in [-0.25, -0.2) is 0 Å². The highest BCUT2D eigenvalue weighted by Crippen LogP contribution is 2.20. The number of aromatic nitrogens is 3. The minimum absolute atomic E-state index is 0.718. The van der Waals surface area contributed by atoms with Crippen LogP contribution in [0.5, 0.6) is 0 Å². The second-order valence-electron chi connectivity index (χ2n) is 3.82. The lowest BCUT2D eigenvalue weighted by Crippen LogP contribution is -2.00. The normalized spacial score (nSPS) is 10.6. The summed E-state index contributed by atoms with van der Waals surface area (Å²) in [6, 6.07) is 12.1. The van der Waals surface area contributed by atoms with Crippen LogP contribution in [0.1, 0.15) is 5.69 Å². The Hall–Kier alpha value is -2.36. The van der Waals surface area contributed by atoms with Crippen molar-refractivity contribution < 1.29 is 0 Å². The molecule has 0 bridgehead atoms. The van der Waals surface area contributed by atoms with E-state index in [1.807, 2.05) is 30.5 Å². The standard InChI is InChI=1S/C13H12N4/c1-3-10-4-2-7-14-13(10)12(5-1)15-9-11-6-8-16-17-11/h1-8,15H,9H2,(H,16,17). The maximum atomic E-state index is 4.39.